The highest BCUT2D eigenvalue weighted by Gasteiger charge is 2.35. The Kier molecular flexibility index (Phi) is 4.39. The predicted molar refractivity (Wildman–Crippen MR) is 76.2 cm³/mol. The predicted octanol–water partition coefficient (Wildman–Crippen LogP) is 2.77. The molecule has 2 fully saturated rings. The number of amides is 1. The van der Waals surface area contributed by atoms with E-state index in [0.717, 1.165) is 31.8 Å². The average Bonchev–Trinajstić information content (AvgIpc) is 3.15. The van der Waals surface area contributed by atoms with Crippen LogP contribution in [0.1, 0.15) is 53.4 Å². The fourth-order valence-corrected chi connectivity index (χ4v) is 2.31. The number of nitrogens with zero attached hydrogens (tertiary/aromatic N) is 1. The van der Waals surface area contributed by atoms with E-state index in [1.54, 1.807) is 0 Å². The summed E-state index contributed by atoms with van der Waals surface area (Å²) in [4.78, 5) is 14.0. The van der Waals surface area contributed by atoms with Gasteiger partial charge in [-0.1, -0.05) is 0 Å². The van der Waals surface area contributed by atoms with Crippen LogP contribution >= 0.6 is 0 Å². The van der Waals surface area contributed by atoms with Crippen LogP contribution in [0.3, 0.4) is 0 Å². The van der Waals surface area contributed by atoms with Gasteiger partial charge in [0.25, 0.3) is 0 Å². The Morgan fingerprint density at radius 2 is 1.95 bits per heavy atom. The second kappa shape index (κ2) is 5.70. The molecule has 2 saturated carbocycles. The van der Waals surface area contributed by atoms with Gasteiger partial charge in [-0.15, -0.1) is 0 Å². The van der Waals surface area contributed by atoms with E-state index < -0.39 is 5.60 Å². The molecule has 0 aromatic carbocycles. The Bertz CT molecular complexity index is 317. The van der Waals surface area contributed by atoms with Crippen molar-refractivity contribution in [2.45, 2.75) is 71.1 Å². The zero-order valence-electron chi connectivity index (χ0n) is 12.7. The summed E-state index contributed by atoms with van der Waals surface area (Å²) in [5.74, 6) is 0.857. The molecule has 4 heteroatoms. The Morgan fingerprint density at radius 1 is 1.32 bits per heavy atom. The molecule has 0 heterocycles. The molecule has 0 aliphatic heterocycles. The second-order valence-electron chi connectivity index (χ2n) is 6.99. The van der Waals surface area contributed by atoms with Crippen molar-refractivity contribution in [2.75, 3.05) is 13.1 Å². The minimum atomic E-state index is -0.404. The maximum absolute atomic E-state index is 12.1. The molecule has 2 aliphatic rings. The Hall–Kier alpha value is -0.770. The number of hydrogen-bond donors (Lipinski definition) is 1. The first-order valence-electron chi connectivity index (χ1n) is 7.60. The van der Waals surface area contributed by atoms with Crippen molar-refractivity contribution in [1.82, 2.24) is 10.2 Å². The van der Waals surface area contributed by atoms with E-state index in [2.05, 4.69) is 12.2 Å². The Morgan fingerprint density at radius 3 is 2.42 bits per heavy atom. The van der Waals surface area contributed by atoms with Crippen LogP contribution < -0.4 is 5.32 Å². The summed E-state index contributed by atoms with van der Waals surface area (Å²) in [6, 6.07) is 0.993. The average molecular weight is 268 g/mol. The highest BCUT2D eigenvalue weighted by atomic mass is 16.6. The van der Waals surface area contributed by atoms with Crippen LogP contribution in [0.4, 0.5) is 4.79 Å². The second-order valence-corrected chi connectivity index (χ2v) is 6.99. The summed E-state index contributed by atoms with van der Waals surface area (Å²) in [5.41, 5.74) is -0.404. The minimum Gasteiger partial charge on any atom is -0.444 e. The standard InChI is InChI=1S/C15H28N2O2/c1-11(12-5-6-12)16-9-10-17(13-7-8-13)14(18)19-15(2,3)4/h11-13,16H,5-10H2,1-4H3. The summed E-state index contributed by atoms with van der Waals surface area (Å²) in [5, 5.41) is 3.53. The van der Waals surface area contributed by atoms with Gasteiger partial charge in [-0.2, -0.15) is 0 Å². The SMILES string of the molecule is CC(NCCN(C(=O)OC(C)(C)C)C1CC1)C1CC1. The van der Waals surface area contributed by atoms with Crippen molar-refractivity contribution in [3.8, 4) is 0 Å². The summed E-state index contributed by atoms with van der Waals surface area (Å²) < 4.78 is 5.48. The smallest absolute Gasteiger partial charge is 0.410 e. The van der Waals surface area contributed by atoms with E-state index in [4.69, 9.17) is 4.74 Å². The fourth-order valence-electron chi connectivity index (χ4n) is 2.31. The van der Waals surface area contributed by atoms with Crippen LogP contribution in [0.15, 0.2) is 0 Å². The molecule has 0 saturated heterocycles. The van der Waals surface area contributed by atoms with Gasteiger partial charge >= 0.3 is 6.09 Å². The highest BCUT2D eigenvalue weighted by Crippen LogP contribution is 2.32. The number of nitrogens with one attached hydrogen (secondary N) is 1. The molecular weight excluding hydrogens is 240 g/mol. The molecule has 1 amide bonds. The van der Waals surface area contributed by atoms with Crippen LogP contribution in [-0.4, -0.2) is 41.8 Å². The molecule has 1 atom stereocenters. The molecule has 19 heavy (non-hydrogen) atoms. The maximum atomic E-state index is 12.1. The number of carbonyl (C=O) groups excluding carboxylic acids is 1. The Labute approximate surface area is 116 Å². The Balaban J connectivity index is 1.74. The van der Waals surface area contributed by atoms with E-state index in [0.29, 0.717) is 12.1 Å². The first-order chi connectivity index (χ1) is 8.87. The zero-order valence-corrected chi connectivity index (χ0v) is 12.7. The van der Waals surface area contributed by atoms with Gasteiger partial charge in [0, 0.05) is 25.2 Å². The normalized spacial score (nSPS) is 21.1. The van der Waals surface area contributed by atoms with Crippen molar-refractivity contribution < 1.29 is 9.53 Å². The molecule has 1 N–H and O–H groups in total. The van der Waals surface area contributed by atoms with Crippen molar-refractivity contribution >= 4 is 6.09 Å². The molecular formula is C15H28N2O2. The van der Waals surface area contributed by atoms with Crippen molar-refractivity contribution in [3.05, 3.63) is 0 Å². The van der Waals surface area contributed by atoms with E-state index >= 15 is 0 Å². The zero-order chi connectivity index (χ0) is 14.0. The summed E-state index contributed by atoms with van der Waals surface area (Å²) in [6.07, 6.45) is 4.80. The quantitative estimate of drug-likeness (QED) is 0.805. The van der Waals surface area contributed by atoms with Crippen LogP contribution in [0.25, 0.3) is 0 Å². The maximum Gasteiger partial charge on any atom is 0.410 e. The van der Waals surface area contributed by atoms with E-state index in [1.807, 2.05) is 25.7 Å². The van der Waals surface area contributed by atoms with Crippen LogP contribution in [0, 0.1) is 5.92 Å². The topological polar surface area (TPSA) is 41.6 Å². The van der Waals surface area contributed by atoms with Crippen molar-refractivity contribution in [1.29, 1.82) is 0 Å². The number of hydrogen-bond acceptors (Lipinski definition) is 3. The molecule has 0 radical (unpaired) electrons. The van der Waals surface area contributed by atoms with E-state index in [-0.39, 0.29) is 6.09 Å². The van der Waals surface area contributed by atoms with Crippen LogP contribution in [0.2, 0.25) is 0 Å². The largest absolute Gasteiger partial charge is 0.444 e. The van der Waals surface area contributed by atoms with Gasteiger partial charge in [0.2, 0.25) is 0 Å². The lowest BCUT2D eigenvalue weighted by molar-refractivity contribution is 0.0234. The third kappa shape index (κ3) is 5.01. The van der Waals surface area contributed by atoms with E-state index in [1.165, 1.54) is 12.8 Å². The number of rotatable bonds is 6. The molecule has 1 unspecified atom stereocenters. The van der Waals surface area contributed by atoms with Gasteiger partial charge in [-0.25, -0.2) is 4.79 Å². The van der Waals surface area contributed by atoms with Gasteiger partial charge < -0.3 is 15.0 Å². The molecule has 0 aromatic heterocycles. The van der Waals surface area contributed by atoms with Gasteiger partial charge in [0.1, 0.15) is 5.60 Å². The molecule has 4 nitrogen and oxygen atoms in total. The number of carbonyl (C=O) groups is 1. The molecule has 0 bridgehead atoms. The third-order valence-electron chi connectivity index (χ3n) is 3.76. The molecule has 2 aliphatic carbocycles. The van der Waals surface area contributed by atoms with Crippen molar-refractivity contribution in [3.63, 3.8) is 0 Å². The molecule has 0 aromatic rings. The molecule has 0 spiro atoms. The fraction of sp³-hybridized carbons (Fsp3) is 0.933. The molecule has 110 valence electrons. The van der Waals surface area contributed by atoms with Crippen LogP contribution in [0.5, 0.6) is 0 Å². The number of ether oxygens (including phenoxy) is 1. The van der Waals surface area contributed by atoms with Gasteiger partial charge in [0.15, 0.2) is 0 Å². The monoisotopic (exact) mass is 268 g/mol. The lowest BCUT2D eigenvalue weighted by atomic mass is 10.2. The lowest BCUT2D eigenvalue weighted by Gasteiger charge is -2.28. The first-order valence-corrected chi connectivity index (χ1v) is 7.60. The van der Waals surface area contributed by atoms with Crippen LogP contribution in [-0.2, 0) is 4.74 Å². The summed E-state index contributed by atoms with van der Waals surface area (Å²) >= 11 is 0. The lowest BCUT2D eigenvalue weighted by Crippen LogP contribution is -2.43. The van der Waals surface area contributed by atoms with Gasteiger partial charge in [-0.05, 0) is 59.3 Å². The third-order valence-corrected chi connectivity index (χ3v) is 3.76. The molecule has 2 rings (SSSR count). The van der Waals surface area contributed by atoms with E-state index in [9.17, 15) is 4.79 Å². The highest BCUT2D eigenvalue weighted by molar-refractivity contribution is 5.69. The van der Waals surface area contributed by atoms with Gasteiger partial charge in [0.05, 0.1) is 0 Å². The van der Waals surface area contributed by atoms with Crippen molar-refractivity contribution in [2.24, 2.45) is 5.92 Å². The first kappa shape index (κ1) is 14.6. The minimum absolute atomic E-state index is 0.157. The summed E-state index contributed by atoms with van der Waals surface area (Å²) in [7, 11) is 0. The summed E-state index contributed by atoms with van der Waals surface area (Å²) in [6.45, 7) is 9.63. The van der Waals surface area contributed by atoms with Gasteiger partial charge in [-0.3, -0.25) is 0 Å².